The van der Waals surface area contributed by atoms with Crippen molar-refractivity contribution in [3.05, 3.63) is 66.0 Å². The standard InChI is InChI=1S/C18H17FN2O2/c19-15-10-5-4-9-14(15)18(23)21-12-6-11-16(21)17(22)20-13-7-2-1-3-8-13/h1-5,7-10,16H,6,11-12H2,(H,20,22)/t16-/m1/s1. The van der Waals surface area contributed by atoms with Crippen LogP contribution in [0.1, 0.15) is 23.2 Å². The zero-order valence-corrected chi connectivity index (χ0v) is 12.5. The molecule has 0 saturated carbocycles. The van der Waals surface area contributed by atoms with Gasteiger partial charge in [0.05, 0.1) is 5.56 Å². The summed E-state index contributed by atoms with van der Waals surface area (Å²) < 4.78 is 13.8. The molecule has 1 heterocycles. The maximum absolute atomic E-state index is 13.8. The molecule has 0 aromatic heterocycles. The van der Waals surface area contributed by atoms with E-state index in [-0.39, 0.29) is 11.5 Å². The van der Waals surface area contributed by atoms with Gasteiger partial charge in [-0.25, -0.2) is 4.39 Å². The lowest BCUT2D eigenvalue weighted by Gasteiger charge is -2.24. The van der Waals surface area contributed by atoms with E-state index in [4.69, 9.17) is 0 Å². The lowest BCUT2D eigenvalue weighted by Crippen LogP contribution is -2.43. The minimum absolute atomic E-state index is 0.00640. The Bertz CT molecular complexity index is 718. The van der Waals surface area contributed by atoms with Crippen LogP contribution in [0.2, 0.25) is 0 Å². The number of para-hydroxylation sites is 1. The summed E-state index contributed by atoms with van der Waals surface area (Å²) >= 11 is 0. The van der Waals surface area contributed by atoms with E-state index in [0.717, 1.165) is 6.42 Å². The molecule has 0 aliphatic carbocycles. The fourth-order valence-corrected chi connectivity index (χ4v) is 2.82. The third-order valence-corrected chi connectivity index (χ3v) is 3.96. The maximum atomic E-state index is 13.8. The van der Waals surface area contributed by atoms with Gasteiger partial charge in [-0.1, -0.05) is 30.3 Å². The van der Waals surface area contributed by atoms with Crippen LogP contribution >= 0.6 is 0 Å². The van der Waals surface area contributed by atoms with E-state index < -0.39 is 17.8 Å². The highest BCUT2D eigenvalue weighted by atomic mass is 19.1. The molecule has 1 aliphatic rings. The molecular weight excluding hydrogens is 295 g/mol. The summed E-state index contributed by atoms with van der Waals surface area (Å²) in [5.41, 5.74) is 0.689. The molecule has 2 aromatic rings. The van der Waals surface area contributed by atoms with Crippen LogP contribution in [0.5, 0.6) is 0 Å². The van der Waals surface area contributed by atoms with E-state index in [2.05, 4.69) is 5.32 Å². The number of anilines is 1. The average Bonchev–Trinajstić information content (AvgIpc) is 3.05. The molecule has 2 amide bonds. The molecule has 1 atom stereocenters. The first-order chi connectivity index (χ1) is 11.2. The van der Waals surface area contributed by atoms with E-state index in [1.54, 1.807) is 18.2 Å². The highest BCUT2D eigenvalue weighted by molar-refractivity contribution is 6.01. The van der Waals surface area contributed by atoms with Crippen molar-refractivity contribution in [3.63, 3.8) is 0 Å². The molecule has 5 heteroatoms. The third-order valence-electron chi connectivity index (χ3n) is 3.96. The Morgan fingerprint density at radius 2 is 1.74 bits per heavy atom. The van der Waals surface area contributed by atoms with Gasteiger partial charge in [0.25, 0.3) is 5.91 Å². The molecular formula is C18H17FN2O2. The number of hydrogen-bond acceptors (Lipinski definition) is 2. The van der Waals surface area contributed by atoms with Crippen molar-refractivity contribution in [2.45, 2.75) is 18.9 Å². The van der Waals surface area contributed by atoms with Crippen LogP contribution in [0.4, 0.5) is 10.1 Å². The number of rotatable bonds is 3. The summed E-state index contributed by atoms with van der Waals surface area (Å²) in [5, 5.41) is 2.81. The van der Waals surface area contributed by atoms with Gasteiger partial charge in [0.1, 0.15) is 11.9 Å². The van der Waals surface area contributed by atoms with Crippen LogP contribution in [-0.2, 0) is 4.79 Å². The van der Waals surface area contributed by atoms with Crippen LogP contribution in [-0.4, -0.2) is 29.3 Å². The molecule has 3 rings (SSSR count). The molecule has 0 radical (unpaired) electrons. The fourth-order valence-electron chi connectivity index (χ4n) is 2.82. The third kappa shape index (κ3) is 3.23. The Kier molecular flexibility index (Phi) is 4.37. The van der Waals surface area contributed by atoms with Gasteiger partial charge >= 0.3 is 0 Å². The summed E-state index contributed by atoms with van der Waals surface area (Å²) in [5.74, 6) is -1.24. The highest BCUT2D eigenvalue weighted by Crippen LogP contribution is 2.22. The molecule has 0 bridgehead atoms. The number of nitrogens with zero attached hydrogens (tertiary/aromatic N) is 1. The van der Waals surface area contributed by atoms with Crippen molar-refractivity contribution in [1.82, 2.24) is 4.90 Å². The minimum atomic E-state index is -0.567. The minimum Gasteiger partial charge on any atom is -0.327 e. The van der Waals surface area contributed by atoms with Crippen molar-refractivity contribution in [2.24, 2.45) is 0 Å². The first kappa shape index (κ1) is 15.2. The lowest BCUT2D eigenvalue weighted by molar-refractivity contribution is -0.119. The van der Waals surface area contributed by atoms with Gasteiger partial charge in [-0.15, -0.1) is 0 Å². The summed E-state index contributed by atoms with van der Waals surface area (Å²) in [6, 6.07) is 14.4. The number of benzene rings is 2. The molecule has 0 spiro atoms. The van der Waals surface area contributed by atoms with E-state index in [1.165, 1.54) is 23.1 Å². The number of amides is 2. The number of nitrogens with one attached hydrogen (secondary N) is 1. The normalized spacial score (nSPS) is 17.1. The quantitative estimate of drug-likeness (QED) is 0.947. The Hall–Kier alpha value is -2.69. The van der Waals surface area contributed by atoms with Gasteiger partial charge in [0, 0.05) is 12.2 Å². The predicted molar refractivity (Wildman–Crippen MR) is 85.5 cm³/mol. The molecule has 4 nitrogen and oxygen atoms in total. The number of likely N-dealkylation sites (tertiary alicyclic amines) is 1. The van der Waals surface area contributed by atoms with Crippen molar-refractivity contribution in [3.8, 4) is 0 Å². The van der Waals surface area contributed by atoms with Gasteiger partial charge < -0.3 is 10.2 Å². The molecule has 1 saturated heterocycles. The van der Waals surface area contributed by atoms with E-state index in [1.807, 2.05) is 18.2 Å². The fraction of sp³-hybridized carbons (Fsp3) is 0.222. The van der Waals surface area contributed by atoms with Crippen molar-refractivity contribution >= 4 is 17.5 Å². The van der Waals surface area contributed by atoms with Gasteiger partial charge in [0.15, 0.2) is 0 Å². The lowest BCUT2D eigenvalue weighted by atomic mass is 10.1. The summed E-state index contributed by atoms with van der Waals surface area (Å²) in [4.78, 5) is 26.4. The first-order valence-corrected chi connectivity index (χ1v) is 7.58. The highest BCUT2D eigenvalue weighted by Gasteiger charge is 2.35. The predicted octanol–water partition coefficient (Wildman–Crippen LogP) is 3.07. The molecule has 23 heavy (non-hydrogen) atoms. The van der Waals surface area contributed by atoms with E-state index in [0.29, 0.717) is 18.7 Å². The number of halogens is 1. The molecule has 1 aliphatic heterocycles. The SMILES string of the molecule is O=C(Nc1ccccc1)[C@H]1CCCN1C(=O)c1ccccc1F. The summed E-state index contributed by atoms with van der Waals surface area (Å²) in [6.07, 6.45) is 1.31. The van der Waals surface area contributed by atoms with Crippen LogP contribution in [0, 0.1) is 5.82 Å². The number of hydrogen-bond donors (Lipinski definition) is 1. The maximum Gasteiger partial charge on any atom is 0.257 e. The van der Waals surface area contributed by atoms with Crippen molar-refractivity contribution in [1.29, 1.82) is 0 Å². The van der Waals surface area contributed by atoms with Crippen molar-refractivity contribution < 1.29 is 14.0 Å². The molecule has 0 unspecified atom stereocenters. The van der Waals surface area contributed by atoms with Crippen LogP contribution in [0.3, 0.4) is 0 Å². The van der Waals surface area contributed by atoms with Gasteiger partial charge in [0.2, 0.25) is 5.91 Å². The first-order valence-electron chi connectivity index (χ1n) is 7.58. The number of carbonyl (C=O) groups excluding carboxylic acids is 2. The van der Waals surface area contributed by atoms with E-state index >= 15 is 0 Å². The van der Waals surface area contributed by atoms with Crippen LogP contribution in [0.15, 0.2) is 54.6 Å². The molecule has 1 N–H and O–H groups in total. The second kappa shape index (κ2) is 6.60. The van der Waals surface area contributed by atoms with Crippen LogP contribution < -0.4 is 5.32 Å². The monoisotopic (exact) mass is 312 g/mol. The Balaban J connectivity index is 1.76. The van der Waals surface area contributed by atoms with E-state index in [9.17, 15) is 14.0 Å². The molecule has 118 valence electrons. The van der Waals surface area contributed by atoms with Gasteiger partial charge in [-0.05, 0) is 37.1 Å². The molecule has 2 aromatic carbocycles. The smallest absolute Gasteiger partial charge is 0.257 e. The van der Waals surface area contributed by atoms with Crippen molar-refractivity contribution in [2.75, 3.05) is 11.9 Å². The second-order valence-corrected chi connectivity index (χ2v) is 5.49. The second-order valence-electron chi connectivity index (χ2n) is 5.49. The topological polar surface area (TPSA) is 49.4 Å². The average molecular weight is 312 g/mol. The molecule has 1 fully saturated rings. The largest absolute Gasteiger partial charge is 0.327 e. The van der Waals surface area contributed by atoms with Crippen LogP contribution in [0.25, 0.3) is 0 Å². The van der Waals surface area contributed by atoms with Gasteiger partial charge in [-0.2, -0.15) is 0 Å². The van der Waals surface area contributed by atoms with Gasteiger partial charge in [-0.3, -0.25) is 9.59 Å². The Morgan fingerprint density at radius 1 is 1.04 bits per heavy atom. The number of carbonyl (C=O) groups is 2. The zero-order valence-electron chi connectivity index (χ0n) is 12.5. The Morgan fingerprint density at radius 3 is 2.48 bits per heavy atom. The zero-order chi connectivity index (χ0) is 16.2. The Labute approximate surface area is 133 Å². The summed E-state index contributed by atoms with van der Waals surface area (Å²) in [7, 11) is 0. The summed E-state index contributed by atoms with van der Waals surface area (Å²) in [6.45, 7) is 0.458.